The Morgan fingerprint density at radius 1 is 1.35 bits per heavy atom. The maximum Gasteiger partial charge on any atom is 0.343 e. The highest BCUT2D eigenvalue weighted by Gasteiger charge is 2.19. The molecule has 0 aliphatic heterocycles. The molecule has 23 heavy (non-hydrogen) atoms. The van der Waals surface area contributed by atoms with E-state index < -0.39 is 5.97 Å². The Bertz CT molecular complexity index is 887. The van der Waals surface area contributed by atoms with Crippen molar-refractivity contribution < 1.29 is 13.9 Å². The summed E-state index contributed by atoms with van der Waals surface area (Å²) < 4.78 is 19.5. The number of nitrogen functional groups attached to an aromatic ring is 1. The second-order valence-corrected chi connectivity index (χ2v) is 4.98. The lowest BCUT2D eigenvalue weighted by molar-refractivity contribution is 0.0526. The third-order valence-electron chi connectivity index (χ3n) is 3.48. The van der Waals surface area contributed by atoms with Gasteiger partial charge in [0.05, 0.1) is 12.3 Å². The van der Waals surface area contributed by atoms with Crippen molar-refractivity contribution in [2.24, 2.45) is 0 Å². The number of hydrogen-bond donors (Lipinski definition) is 1. The minimum absolute atomic E-state index is 0.157. The van der Waals surface area contributed by atoms with Crippen molar-refractivity contribution in [1.29, 1.82) is 0 Å². The summed E-state index contributed by atoms with van der Waals surface area (Å²) in [6.45, 7) is 3.76. The summed E-state index contributed by atoms with van der Waals surface area (Å²) >= 11 is 0. The summed E-state index contributed by atoms with van der Waals surface area (Å²) in [5.41, 5.74) is 8.89. The van der Waals surface area contributed by atoms with E-state index in [1.807, 2.05) is 0 Å². The van der Waals surface area contributed by atoms with E-state index in [1.54, 1.807) is 26.0 Å². The van der Waals surface area contributed by atoms with Crippen molar-refractivity contribution in [3.8, 4) is 11.1 Å². The number of fused-ring (bicyclic) bond motifs is 1. The molecule has 118 valence electrons. The zero-order valence-electron chi connectivity index (χ0n) is 12.7. The fourth-order valence-electron chi connectivity index (χ4n) is 2.43. The minimum atomic E-state index is -0.545. The van der Waals surface area contributed by atoms with E-state index in [1.165, 1.54) is 22.8 Å². The number of aromatic nitrogens is 3. The van der Waals surface area contributed by atoms with Gasteiger partial charge in [-0.2, -0.15) is 9.61 Å². The Labute approximate surface area is 131 Å². The van der Waals surface area contributed by atoms with Crippen LogP contribution in [0.1, 0.15) is 23.0 Å². The highest BCUT2D eigenvalue weighted by atomic mass is 19.1. The van der Waals surface area contributed by atoms with Gasteiger partial charge in [0, 0.05) is 11.8 Å². The van der Waals surface area contributed by atoms with Gasteiger partial charge in [0.15, 0.2) is 5.65 Å². The lowest BCUT2D eigenvalue weighted by Crippen LogP contribution is -2.12. The predicted octanol–water partition coefficient (Wildman–Crippen LogP) is 2.60. The number of carbonyl (C=O) groups excluding carboxylic acids is 1. The Balaban J connectivity index is 2.19. The van der Waals surface area contributed by atoms with Crippen LogP contribution in [0.2, 0.25) is 0 Å². The quantitative estimate of drug-likeness (QED) is 0.751. The number of halogens is 1. The third-order valence-corrected chi connectivity index (χ3v) is 3.48. The third kappa shape index (κ3) is 2.50. The van der Waals surface area contributed by atoms with Crippen molar-refractivity contribution >= 4 is 17.4 Å². The van der Waals surface area contributed by atoms with Gasteiger partial charge in [-0.15, -0.1) is 0 Å². The number of hydrogen-bond acceptors (Lipinski definition) is 5. The predicted molar refractivity (Wildman–Crippen MR) is 83.5 cm³/mol. The van der Waals surface area contributed by atoms with Gasteiger partial charge in [-0.1, -0.05) is 12.1 Å². The summed E-state index contributed by atoms with van der Waals surface area (Å²) in [5.74, 6) is -0.708. The van der Waals surface area contributed by atoms with E-state index in [0.717, 1.165) is 11.1 Å². The first-order chi connectivity index (χ1) is 11.0. The molecule has 7 heteroatoms. The molecule has 2 heterocycles. The number of benzene rings is 1. The number of carbonyl (C=O) groups is 1. The number of aryl methyl sites for hydroxylation is 1. The Morgan fingerprint density at radius 3 is 2.70 bits per heavy atom. The molecular formula is C16H15FN4O2. The van der Waals surface area contributed by atoms with E-state index in [2.05, 4.69) is 10.1 Å². The molecule has 0 atom stereocenters. The Hall–Kier alpha value is -2.96. The number of nitrogens with zero attached hydrogens (tertiary/aromatic N) is 3. The monoisotopic (exact) mass is 314 g/mol. The van der Waals surface area contributed by atoms with E-state index in [-0.39, 0.29) is 23.8 Å². The first kappa shape index (κ1) is 15.0. The van der Waals surface area contributed by atoms with Crippen molar-refractivity contribution in [1.82, 2.24) is 14.6 Å². The van der Waals surface area contributed by atoms with Crippen LogP contribution in [0.5, 0.6) is 0 Å². The number of ether oxygens (including phenoxy) is 1. The average molecular weight is 314 g/mol. The molecule has 0 amide bonds. The van der Waals surface area contributed by atoms with Crippen molar-refractivity contribution in [2.45, 2.75) is 13.8 Å². The van der Waals surface area contributed by atoms with Gasteiger partial charge in [0.1, 0.15) is 17.2 Å². The van der Waals surface area contributed by atoms with Crippen LogP contribution < -0.4 is 5.73 Å². The number of esters is 1. The number of nitrogens with two attached hydrogens (primary N) is 1. The number of rotatable bonds is 3. The molecule has 2 N–H and O–H groups in total. The lowest BCUT2D eigenvalue weighted by atomic mass is 10.1. The summed E-state index contributed by atoms with van der Waals surface area (Å²) in [7, 11) is 0. The summed E-state index contributed by atoms with van der Waals surface area (Å²) in [5, 5.41) is 4.34. The molecule has 0 aliphatic carbocycles. The van der Waals surface area contributed by atoms with E-state index in [0.29, 0.717) is 11.3 Å². The average Bonchev–Trinajstić information content (AvgIpc) is 2.86. The maximum absolute atomic E-state index is 13.1. The largest absolute Gasteiger partial charge is 0.462 e. The van der Waals surface area contributed by atoms with E-state index >= 15 is 0 Å². The topological polar surface area (TPSA) is 82.5 Å². The second-order valence-electron chi connectivity index (χ2n) is 4.98. The summed E-state index contributed by atoms with van der Waals surface area (Å²) in [4.78, 5) is 16.2. The fraction of sp³-hybridized carbons (Fsp3) is 0.188. The molecular weight excluding hydrogens is 299 g/mol. The van der Waals surface area contributed by atoms with Gasteiger partial charge in [-0.05, 0) is 31.5 Å². The Kier molecular flexibility index (Phi) is 3.69. The fourth-order valence-corrected chi connectivity index (χ4v) is 2.43. The molecule has 0 aliphatic rings. The van der Waals surface area contributed by atoms with Gasteiger partial charge in [-0.3, -0.25) is 0 Å². The van der Waals surface area contributed by atoms with E-state index in [4.69, 9.17) is 10.5 Å². The van der Waals surface area contributed by atoms with Crippen LogP contribution in [-0.2, 0) is 4.74 Å². The van der Waals surface area contributed by atoms with Crippen LogP contribution >= 0.6 is 0 Å². The molecule has 2 aromatic heterocycles. The summed E-state index contributed by atoms with van der Waals surface area (Å²) in [6, 6.07) is 6.04. The minimum Gasteiger partial charge on any atom is -0.462 e. The standard InChI is InChI=1S/C16H15FN4O2/c1-3-23-16(22)12-8-19-15-13(9(2)20-21(15)14(12)18)10-4-6-11(17)7-5-10/h4-8H,3,18H2,1-2H3. The van der Waals surface area contributed by atoms with Crippen LogP contribution in [0.25, 0.3) is 16.8 Å². The highest BCUT2D eigenvalue weighted by molar-refractivity contribution is 5.95. The molecule has 3 aromatic rings. The molecule has 6 nitrogen and oxygen atoms in total. The molecule has 0 saturated carbocycles. The maximum atomic E-state index is 13.1. The first-order valence-corrected chi connectivity index (χ1v) is 7.09. The number of anilines is 1. The first-order valence-electron chi connectivity index (χ1n) is 7.09. The molecule has 0 fully saturated rings. The van der Waals surface area contributed by atoms with Crippen molar-refractivity contribution in [3.05, 3.63) is 47.5 Å². The second kappa shape index (κ2) is 5.68. The SMILES string of the molecule is CCOC(=O)c1cnc2c(-c3ccc(F)cc3)c(C)nn2c1N. The molecule has 0 bridgehead atoms. The molecule has 0 radical (unpaired) electrons. The van der Waals surface area contributed by atoms with Crippen LogP contribution in [0.3, 0.4) is 0 Å². The van der Waals surface area contributed by atoms with Crippen LogP contribution in [0.15, 0.2) is 30.5 Å². The van der Waals surface area contributed by atoms with Gasteiger partial charge >= 0.3 is 5.97 Å². The van der Waals surface area contributed by atoms with Gasteiger partial charge in [0.25, 0.3) is 0 Å². The van der Waals surface area contributed by atoms with Gasteiger partial charge < -0.3 is 10.5 Å². The van der Waals surface area contributed by atoms with E-state index in [9.17, 15) is 9.18 Å². The van der Waals surface area contributed by atoms with Gasteiger partial charge in [-0.25, -0.2) is 14.2 Å². The van der Waals surface area contributed by atoms with Crippen LogP contribution in [-0.4, -0.2) is 27.2 Å². The molecule has 0 unspecified atom stereocenters. The highest BCUT2D eigenvalue weighted by Crippen LogP contribution is 2.29. The van der Waals surface area contributed by atoms with Crippen molar-refractivity contribution in [3.63, 3.8) is 0 Å². The molecule has 3 rings (SSSR count). The summed E-state index contributed by atoms with van der Waals surface area (Å²) in [6.07, 6.45) is 1.37. The smallest absolute Gasteiger partial charge is 0.343 e. The normalized spacial score (nSPS) is 10.9. The molecule has 0 saturated heterocycles. The molecule has 0 spiro atoms. The Morgan fingerprint density at radius 2 is 2.04 bits per heavy atom. The lowest BCUT2D eigenvalue weighted by Gasteiger charge is -2.06. The van der Waals surface area contributed by atoms with Crippen molar-refractivity contribution in [2.75, 3.05) is 12.3 Å². The van der Waals surface area contributed by atoms with Crippen LogP contribution in [0.4, 0.5) is 10.2 Å². The zero-order valence-corrected chi connectivity index (χ0v) is 12.7. The van der Waals surface area contributed by atoms with Gasteiger partial charge in [0.2, 0.25) is 0 Å². The zero-order chi connectivity index (χ0) is 16.6. The van der Waals surface area contributed by atoms with Crippen LogP contribution in [0, 0.1) is 12.7 Å². The molecule has 1 aromatic carbocycles.